The van der Waals surface area contributed by atoms with Gasteiger partial charge in [0.05, 0.1) is 13.2 Å². The highest BCUT2D eigenvalue weighted by Crippen LogP contribution is 2.30. The molecule has 2 heterocycles. The first-order chi connectivity index (χ1) is 10.8. The highest BCUT2D eigenvalue weighted by Gasteiger charge is 2.49. The molecule has 2 rings (SSSR count). The number of aliphatic hydroxyl groups excluding tert-OH is 7. The van der Waals surface area contributed by atoms with Crippen molar-refractivity contribution in [1.82, 2.24) is 0 Å². The molecule has 2 fully saturated rings. The van der Waals surface area contributed by atoms with Gasteiger partial charge in [0.2, 0.25) is 0 Å². The van der Waals surface area contributed by atoms with Crippen molar-refractivity contribution in [2.45, 2.75) is 60.6 Å². The molecule has 2 saturated heterocycles. The topological polar surface area (TPSA) is 169 Å². The molecule has 0 unspecified atom stereocenters. The van der Waals surface area contributed by atoms with Crippen molar-refractivity contribution in [2.75, 3.05) is 13.2 Å². The van der Waals surface area contributed by atoms with Gasteiger partial charge in [-0.05, 0) is 0 Å². The smallest absolute Gasteiger partial charge is 0.187 e. The molecule has 0 aliphatic carbocycles. The Kier molecular flexibility index (Phi) is 6.61. The Morgan fingerprint density at radius 2 is 1.26 bits per heavy atom. The van der Waals surface area contributed by atoms with Crippen LogP contribution in [0, 0.1) is 0 Å². The van der Waals surface area contributed by atoms with Gasteiger partial charge in [-0.1, -0.05) is 0 Å². The summed E-state index contributed by atoms with van der Waals surface area (Å²) in [4.78, 5) is 0. The monoisotopic (exact) mass is 358 g/mol. The van der Waals surface area contributed by atoms with Gasteiger partial charge in [-0.3, -0.25) is 0 Å². The molecule has 0 radical (unpaired) electrons. The molecule has 0 spiro atoms. The Hall–Kier alpha value is -0.0500. The van der Waals surface area contributed by atoms with E-state index in [-0.39, 0.29) is 0 Å². The van der Waals surface area contributed by atoms with Crippen LogP contribution in [0.1, 0.15) is 0 Å². The average Bonchev–Trinajstić information content (AvgIpc) is 2.54. The van der Waals surface area contributed by atoms with E-state index >= 15 is 0 Å². The zero-order chi connectivity index (χ0) is 17.3. The van der Waals surface area contributed by atoms with Gasteiger partial charge in [0, 0.05) is 0 Å². The number of hydrogen-bond acceptors (Lipinski definition) is 11. The minimum Gasteiger partial charge on any atom is -0.394 e. The molecule has 7 N–H and O–H groups in total. The van der Waals surface area contributed by atoms with E-state index < -0.39 is 73.8 Å². The van der Waals surface area contributed by atoms with E-state index in [0.717, 1.165) is 0 Å². The summed E-state index contributed by atoms with van der Waals surface area (Å²) >= 11 is 4.06. The first-order valence-electron chi connectivity index (χ1n) is 7.08. The van der Waals surface area contributed by atoms with Crippen LogP contribution in [-0.2, 0) is 14.2 Å². The lowest BCUT2D eigenvalue weighted by Gasteiger charge is -2.45. The van der Waals surface area contributed by atoms with Gasteiger partial charge >= 0.3 is 0 Å². The Bertz CT molecular complexity index is 385. The molecule has 0 aromatic rings. The molecule has 0 aromatic carbocycles. The highest BCUT2D eigenvalue weighted by atomic mass is 32.1. The maximum atomic E-state index is 10.1. The predicted octanol–water partition coefficient (Wildman–Crippen LogP) is -4.46. The lowest BCUT2D eigenvalue weighted by molar-refractivity contribution is -0.334. The first-order valence-corrected chi connectivity index (χ1v) is 7.60. The van der Waals surface area contributed by atoms with Gasteiger partial charge in [0.15, 0.2) is 6.29 Å². The molecule has 2 aliphatic heterocycles. The zero-order valence-electron chi connectivity index (χ0n) is 12.0. The highest BCUT2D eigenvalue weighted by molar-refractivity contribution is 7.80. The first kappa shape index (κ1) is 19.3. The van der Waals surface area contributed by atoms with Crippen molar-refractivity contribution in [1.29, 1.82) is 0 Å². The SMILES string of the molecule is OC[C@H]1O[C@@H](O[C@@H]2[C@@H](O)[C@H](O)[C@@H](CO)O[C@H]2S)[C@H](O)[C@@H](O)[C@@H]1O. The number of ether oxygens (including phenoxy) is 3. The molecule has 0 bridgehead atoms. The number of aliphatic hydroxyl groups is 7. The maximum absolute atomic E-state index is 10.1. The van der Waals surface area contributed by atoms with Crippen LogP contribution in [0.3, 0.4) is 0 Å². The molecule has 10 atom stereocenters. The summed E-state index contributed by atoms with van der Waals surface area (Å²) in [5, 5.41) is 67.3. The van der Waals surface area contributed by atoms with E-state index in [1.54, 1.807) is 0 Å². The third-order valence-electron chi connectivity index (χ3n) is 3.98. The molecule has 11 heteroatoms. The van der Waals surface area contributed by atoms with Gasteiger partial charge in [-0.15, -0.1) is 12.6 Å². The van der Waals surface area contributed by atoms with Crippen LogP contribution in [0.4, 0.5) is 0 Å². The van der Waals surface area contributed by atoms with Gasteiger partial charge < -0.3 is 50.0 Å². The molecular formula is C12H22O10S. The molecule has 23 heavy (non-hydrogen) atoms. The predicted molar refractivity (Wildman–Crippen MR) is 75.4 cm³/mol. The van der Waals surface area contributed by atoms with Crippen LogP contribution in [0.2, 0.25) is 0 Å². The zero-order valence-corrected chi connectivity index (χ0v) is 12.9. The molecule has 2 aliphatic rings. The van der Waals surface area contributed by atoms with Crippen molar-refractivity contribution < 1.29 is 50.0 Å². The van der Waals surface area contributed by atoms with E-state index in [0.29, 0.717) is 0 Å². The van der Waals surface area contributed by atoms with E-state index in [4.69, 9.17) is 24.4 Å². The minimum absolute atomic E-state index is 0.540. The fraction of sp³-hybridized carbons (Fsp3) is 1.00. The van der Waals surface area contributed by atoms with Gasteiger partial charge in [0.1, 0.15) is 54.3 Å². The average molecular weight is 358 g/mol. The third kappa shape index (κ3) is 3.80. The normalized spacial score (nSPS) is 51.7. The van der Waals surface area contributed by atoms with E-state index in [1.165, 1.54) is 0 Å². The van der Waals surface area contributed by atoms with Gasteiger partial charge in [0.25, 0.3) is 0 Å². The number of hydrogen-bond donors (Lipinski definition) is 8. The Morgan fingerprint density at radius 1 is 0.739 bits per heavy atom. The number of thiol groups is 1. The van der Waals surface area contributed by atoms with Crippen molar-refractivity contribution in [3.05, 3.63) is 0 Å². The summed E-state index contributed by atoms with van der Waals surface area (Å²) in [6.45, 7) is -1.17. The summed E-state index contributed by atoms with van der Waals surface area (Å²) in [6, 6.07) is 0. The Morgan fingerprint density at radius 3 is 1.83 bits per heavy atom. The van der Waals surface area contributed by atoms with Crippen molar-refractivity contribution in [2.24, 2.45) is 0 Å². The Labute approximate surface area is 137 Å². The largest absolute Gasteiger partial charge is 0.394 e. The lowest BCUT2D eigenvalue weighted by atomic mass is 9.98. The van der Waals surface area contributed by atoms with Gasteiger partial charge in [-0.25, -0.2) is 0 Å². The van der Waals surface area contributed by atoms with E-state index in [9.17, 15) is 25.5 Å². The fourth-order valence-corrected chi connectivity index (χ4v) is 2.96. The summed E-state index contributed by atoms with van der Waals surface area (Å²) in [6.07, 6.45) is -12.8. The molecule has 136 valence electrons. The third-order valence-corrected chi connectivity index (χ3v) is 4.40. The minimum atomic E-state index is -1.66. The second kappa shape index (κ2) is 7.89. The summed E-state index contributed by atoms with van der Waals surface area (Å²) < 4.78 is 15.7. The van der Waals surface area contributed by atoms with Gasteiger partial charge in [-0.2, -0.15) is 0 Å². The second-order valence-electron chi connectivity index (χ2n) is 5.53. The summed E-state index contributed by atoms with van der Waals surface area (Å²) in [5.74, 6) is 0. The van der Waals surface area contributed by atoms with Crippen LogP contribution in [0.5, 0.6) is 0 Å². The second-order valence-corrected chi connectivity index (χ2v) is 6.04. The molecular weight excluding hydrogens is 336 g/mol. The maximum Gasteiger partial charge on any atom is 0.187 e. The fourth-order valence-electron chi connectivity index (χ4n) is 2.55. The van der Waals surface area contributed by atoms with E-state index in [1.807, 2.05) is 0 Å². The van der Waals surface area contributed by atoms with Crippen LogP contribution >= 0.6 is 12.6 Å². The molecule has 0 amide bonds. The Balaban J connectivity index is 2.08. The van der Waals surface area contributed by atoms with Crippen molar-refractivity contribution in [3.63, 3.8) is 0 Å². The lowest BCUT2D eigenvalue weighted by Crippen LogP contribution is -2.63. The van der Waals surface area contributed by atoms with Crippen LogP contribution < -0.4 is 0 Å². The molecule has 0 saturated carbocycles. The van der Waals surface area contributed by atoms with Crippen LogP contribution in [0.25, 0.3) is 0 Å². The van der Waals surface area contributed by atoms with Crippen LogP contribution in [-0.4, -0.2) is 110 Å². The quantitative estimate of drug-likeness (QED) is 0.229. The standard InChI is InChI=1S/C12H22O10S/c13-1-3-5(15)7(17)9(19)11(20-3)22-10-8(18)6(16)4(2-14)21-12(10)23/h3-19,23H,1-2H2/t3-,4-,5-,6-,7+,8+,9-,10-,11+,12+/m1/s1. The van der Waals surface area contributed by atoms with E-state index in [2.05, 4.69) is 12.6 Å². The summed E-state index contributed by atoms with van der Waals surface area (Å²) in [5.41, 5.74) is -1.06. The molecule has 10 nitrogen and oxygen atoms in total. The van der Waals surface area contributed by atoms with Crippen molar-refractivity contribution >= 4 is 12.6 Å². The number of rotatable bonds is 4. The van der Waals surface area contributed by atoms with Crippen molar-refractivity contribution in [3.8, 4) is 0 Å². The summed E-state index contributed by atoms with van der Waals surface area (Å²) in [7, 11) is 0. The van der Waals surface area contributed by atoms with Crippen LogP contribution in [0.15, 0.2) is 0 Å². The molecule has 0 aromatic heterocycles.